The van der Waals surface area contributed by atoms with Gasteiger partial charge in [-0.15, -0.1) is 0 Å². The van der Waals surface area contributed by atoms with Crippen molar-refractivity contribution in [2.24, 2.45) is 5.92 Å². The van der Waals surface area contributed by atoms with E-state index in [-0.39, 0.29) is 0 Å². The largest absolute Gasteiger partial charge is 0.378 e. The molecule has 96 valence electrons. The van der Waals surface area contributed by atoms with Crippen molar-refractivity contribution in [1.29, 1.82) is 0 Å². The zero-order chi connectivity index (χ0) is 11.8. The molecule has 0 spiro atoms. The second-order valence-electron chi connectivity index (χ2n) is 4.94. The summed E-state index contributed by atoms with van der Waals surface area (Å²) in [5.41, 5.74) is 0. The maximum atomic E-state index is 5.58. The topological polar surface area (TPSA) is 24.5 Å². The van der Waals surface area contributed by atoms with Gasteiger partial charge in [-0.1, -0.05) is 27.2 Å². The number of nitrogens with one attached hydrogen (secondary N) is 1. The summed E-state index contributed by atoms with van der Waals surface area (Å²) in [6.07, 6.45) is 2.48. The number of hydrogen-bond acceptors (Lipinski definition) is 3. The van der Waals surface area contributed by atoms with Crippen molar-refractivity contribution in [3.63, 3.8) is 0 Å². The van der Waals surface area contributed by atoms with Crippen molar-refractivity contribution in [3.05, 3.63) is 0 Å². The van der Waals surface area contributed by atoms with Gasteiger partial charge in [-0.3, -0.25) is 4.90 Å². The summed E-state index contributed by atoms with van der Waals surface area (Å²) in [5.74, 6) is 0.798. The van der Waals surface area contributed by atoms with Gasteiger partial charge in [0.05, 0.1) is 13.2 Å². The molecular formula is C13H28N2O. The van der Waals surface area contributed by atoms with Crippen LogP contribution in [0.1, 0.15) is 33.6 Å². The number of rotatable bonds is 7. The minimum Gasteiger partial charge on any atom is -0.378 e. The van der Waals surface area contributed by atoms with Gasteiger partial charge in [-0.25, -0.2) is 0 Å². The minimum absolute atomic E-state index is 0.578. The number of hydrogen-bond donors (Lipinski definition) is 1. The molecule has 0 saturated carbocycles. The molecule has 3 heteroatoms. The van der Waals surface area contributed by atoms with Crippen molar-refractivity contribution < 1.29 is 4.74 Å². The van der Waals surface area contributed by atoms with E-state index in [0.29, 0.717) is 6.04 Å². The number of ether oxygens (including phenoxy) is 1. The molecule has 0 aromatic carbocycles. The van der Waals surface area contributed by atoms with Gasteiger partial charge in [0.15, 0.2) is 0 Å². The number of nitrogens with zero attached hydrogens (tertiary/aromatic N) is 1. The lowest BCUT2D eigenvalue weighted by Gasteiger charge is -2.37. The second kappa shape index (κ2) is 8.04. The van der Waals surface area contributed by atoms with Crippen LogP contribution in [0.5, 0.6) is 0 Å². The van der Waals surface area contributed by atoms with Gasteiger partial charge in [-0.05, 0) is 18.9 Å². The van der Waals surface area contributed by atoms with Gasteiger partial charge in [0.25, 0.3) is 0 Å². The molecule has 3 nitrogen and oxygen atoms in total. The smallest absolute Gasteiger partial charge is 0.0634 e. The molecule has 0 radical (unpaired) electrons. The average Bonchev–Trinajstić information content (AvgIpc) is 2.31. The van der Waals surface area contributed by atoms with Crippen molar-refractivity contribution in [3.8, 4) is 0 Å². The Bertz CT molecular complexity index is 175. The fraction of sp³-hybridized carbons (Fsp3) is 1.00. The zero-order valence-electron chi connectivity index (χ0n) is 11.2. The number of morpholine rings is 1. The molecular weight excluding hydrogens is 200 g/mol. The highest BCUT2D eigenvalue weighted by Gasteiger charge is 2.23. The van der Waals surface area contributed by atoms with Gasteiger partial charge in [0.2, 0.25) is 0 Å². The first-order chi connectivity index (χ1) is 7.77. The molecule has 1 fully saturated rings. The normalized spacial score (nSPS) is 24.6. The highest BCUT2D eigenvalue weighted by molar-refractivity contribution is 4.78. The second-order valence-corrected chi connectivity index (χ2v) is 4.94. The Hall–Kier alpha value is -0.120. The van der Waals surface area contributed by atoms with Gasteiger partial charge < -0.3 is 10.1 Å². The van der Waals surface area contributed by atoms with Crippen LogP contribution in [-0.2, 0) is 4.74 Å². The fourth-order valence-electron chi connectivity index (χ4n) is 2.09. The van der Waals surface area contributed by atoms with Crippen LogP contribution in [0.3, 0.4) is 0 Å². The summed E-state index contributed by atoms with van der Waals surface area (Å²) in [7, 11) is 0. The molecule has 1 N–H and O–H groups in total. The SMILES string of the molecule is CCCNCC1COCCN1CC(C)CC. The Morgan fingerprint density at radius 3 is 2.94 bits per heavy atom. The maximum Gasteiger partial charge on any atom is 0.0634 e. The third-order valence-corrected chi connectivity index (χ3v) is 3.40. The van der Waals surface area contributed by atoms with Crippen LogP contribution in [0.4, 0.5) is 0 Å². The highest BCUT2D eigenvalue weighted by Crippen LogP contribution is 2.11. The van der Waals surface area contributed by atoms with E-state index in [4.69, 9.17) is 4.74 Å². The van der Waals surface area contributed by atoms with Gasteiger partial charge in [0.1, 0.15) is 0 Å². The van der Waals surface area contributed by atoms with Crippen LogP contribution < -0.4 is 5.32 Å². The molecule has 0 amide bonds. The van der Waals surface area contributed by atoms with E-state index < -0.39 is 0 Å². The third-order valence-electron chi connectivity index (χ3n) is 3.40. The van der Waals surface area contributed by atoms with Crippen LogP contribution in [0.2, 0.25) is 0 Å². The molecule has 1 aliphatic rings. The summed E-state index contributed by atoms with van der Waals surface area (Å²) in [6.45, 7) is 13.1. The first-order valence-corrected chi connectivity index (χ1v) is 6.80. The van der Waals surface area contributed by atoms with Crippen molar-refractivity contribution in [2.45, 2.75) is 39.7 Å². The molecule has 0 aromatic rings. The Kier molecular flexibility index (Phi) is 7.01. The van der Waals surface area contributed by atoms with Crippen molar-refractivity contribution in [1.82, 2.24) is 10.2 Å². The van der Waals surface area contributed by atoms with E-state index in [2.05, 4.69) is 31.0 Å². The Morgan fingerprint density at radius 1 is 1.44 bits per heavy atom. The van der Waals surface area contributed by atoms with Crippen LogP contribution in [-0.4, -0.2) is 50.3 Å². The predicted octanol–water partition coefficient (Wildman–Crippen LogP) is 1.73. The molecule has 1 heterocycles. The fourth-order valence-corrected chi connectivity index (χ4v) is 2.09. The van der Waals surface area contributed by atoms with Gasteiger partial charge >= 0.3 is 0 Å². The van der Waals surface area contributed by atoms with E-state index in [0.717, 1.165) is 38.8 Å². The van der Waals surface area contributed by atoms with Gasteiger partial charge in [0, 0.05) is 25.7 Å². The lowest BCUT2D eigenvalue weighted by Crippen LogP contribution is -2.51. The highest BCUT2D eigenvalue weighted by atomic mass is 16.5. The van der Waals surface area contributed by atoms with E-state index in [1.54, 1.807) is 0 Å². The first-order valence-electron chi connectivity index (χ1n) is 6.80. The van der Waals surface area contributed by atoms with Crippen LogP contribution in [0, 0.1) is 5.92 Å². The predicted molar refractivity (Wildman–Crippen MR) is 68.8 cm³/mol. The molecule has 1 aliphatic heterocycles. The molecule has 1 saturated heterocycles. The van der Waals surface area contributed by atoms with Crippen LogP contribution in [0.15, 0.2) is 0 Å². The first kappa shape index (κ1) is 13.9. The van der Waals surface area contributed by atoms with Crippen molar-refractivity contribution >= 4 is 0 Å². The maximum absolute atomic E-state index is 5.58. The lowest BCUT2D eigenvalue weighted by molar-refractivity contribution is -0.0127. The van der Waals surface area contributed by atoms with Gasteiger partial charge in [-0.2, -0.15) is 0 Å². The quantitative estimate of drug-likeness (QED) is 0.672. The lowest BCUT2D eigenvalue weighted by atomic mass is 10.1. The monoisotopic (exact) mass is 228 g/mol. The molecule has 16 heavy (non-hydrogen) atoms. The standard InChI is InChI=1S/C13H28N2O/c1-4-6-14-9-13-11-16-8-7-15(13)10-12(3)5-2/h12-14H,4-11H2,1-3H3. The molecule has 0 aromatic heterocycles. The molecule has 2 unspecified atom stereocenters. The zero-order valence-corrected chi connectivity index (χ0v) is 11.2. The Labute approximate surface area is 101 Å². The molecule has 2 atom stereocenters. The van der Waals surface area contributed by atoms with E-state index in [1.165, 1.54) is 19.4 Å². The van der Waals surface area contributed by atoms with E-state index in [1.807, 2.05) is 0 Å². The summed E-state index contributed by atoms with van der Waals surface area (Å²) in [6, 6.07) is 0.578. The molecule has 0 aliphatic carbocycles. The summed E-state index contributed by atoms with van der Waals surface area (Å²) < 4.78 is 5.58. The average molecular weight is 228 g/mol. The Morgan fingerprint density at radius 2 is 2.25 bits per heavy atom. The van der Waals surface area contributed by atoms with E-state index >= 15 is 0 Å². The summed E-state index contributed by atoms with van der Waals surface area (Å²) >= 11 is 0. The summed E-state index contributed by atoms with van der Waals surface area (Å²) in [4.78, 5) is 2.60. The minimum atomic E-state index is 0.578. The summed E-state index contributed by atoms with van der Waals surface area (Å²) in [5, 5.41) is 3.50. The van der Waals surface area contributed by atoms with Crippen LogP contribution >= 0.6 is 0 Å². The molecule has 1 rings (SSSR count). The third kappa shape index (κ3) is 4.81. The van der Waals surface area contributed by atoms with Crippen LogP contribution in [0.25, 0.3) is 0 Å². The Balaban J connectivity index is 2.31. The van der Waals surface area contributed by atoms with Crippen molar-refractivity contribution in [2.75, 3.05) is 39.4 Å². The van der Waals surface area contributed by atoms with E-state index in [9.17, 15) is 0 Å². The molecule has 0 bridgehead atoms.